The Balaban J connectivity index is 1.54. The summed E-state index contributed by atoms with van der Waals surface area (Å²) in [6.07, 6.45) is 3.60. The molecule has 3 fully saturated rings. The minimum Gasteiger partial charge on any atom is -0.632 e. The molecule has 0 amide bonds. The SMILES string of the molecule is COC1CCC2[N-]C(S(=O)CC3NCC(C)C(OC)C3C)NC2C1. The normalized spacial score (nSPS) is 47.3. The van der Waals surface area contributed by atoms with Crippen LogP contribution in [0.25, 0.3) is 5.32 Å². The summed E-state index contributed by atoms with van der Waals surface area (Å²) in [5.74, 6) is 1.46. The minimum atomic E-state index is -1.01. The van der Waals surface area contributed by atoms with E-state index in [4.69, 9.17) is 14.8 Å². The first-order chi connectivity index (χ1) is 11.5. The number of nitrogens with zero attached hydrogens (tertiary/aromatic N) is 1. The highest BCUT2D eigenvalue weighted by molar-refractivity contribution is 7.85. The Morgan fingerprint density at radius 2 is 2.00 bits per heavy atom. The molecule has 1 saturated carbocycles. The van der Waals surface area contributed by atoms with E-state index in [-0.39, 0.29) is 17.6 Å². The maximum Gasteiger partial charge on any atom is 0.0649 e. The molecule has 1 aliphatic carbocycles. The van der Waals surface area contributed by atoms with E-state index in [0.29, 0.717) is 35.8 Å². The quantitative estimate of drug-likeness (QED) is 0.772. The number of hydrogen-bond donors (Lipinski definition) is 2. The molecule has 2 aliphatic heterocycles. The van der Waals surface area contributed by atoms with Crippen LogP contribution in [0.3, 0.4) is 0 Å². The third kappa shape index (κ3) is 3.86. The molecule has 2 heterocycles. The van der Waals surface area contributed by atoms with Crippen molar-refractivity contribution in [3.05, 3.63) is 5.32 Å². The first-order valence-corrected chi connectivity index (χ1v) is 10.5. The van der Waals surface area contributed by atoms with Gasteiger partial charge < -0.3 is 25.4 Å². The van der Waals surface area contributed by atoms with E-state index in [1.807, 2.05) is 0 Å². The van der Waals surface area contributed by atoms with Gasteiger partial charge in [-0.2, -0.15) is 0 Å². The fraction of sp³-hybridized carbons (Fsp3) is 1.00. The van der Waals surface area contributed by atoms with Gasteiger partial charge >= 0.3 is 0 Å². The highest BCUT2D eigenvalue weighted by atomic mass is 32.2. The Morgan fingerprint density at radius 1 is 1.21 bits per heavy atom. The van der Waals surface area contributed by atoms with Gasteiger partial charge in [-0.25, -0.2) is 0 Å². The number of ether oxygens (including phenoxy) is 2. The second-order valence-electron chi connectivity index (χ2n) is 7.61. The smallest absolute Gasteiger partial charge is 0.0649 e. The average molecular weight is 359 g/mol. The Morgan fingerprint density at radius 3 is 2.71 bits per heavy atom. The summed E-state index contributed by atoms with van der Waals surface area (Å²) in [7, 11) is 2.54. The first kappa shape index (κ1) is 18.7. The summed E-state index contributed by atoms with van der Waals surface area (Å²) in [5.41, 5.74) is -0.232. The van der Waals surface area contributed by atoms with Crippen molar-refractivity contribution in [2.45, 2.75) is 68.9 Å². The molecule has 7 heteroatoms. The summed E-state index contributed by atoms with van der Waals surface area (Å²) in [6.45, 7) is 5.32. The average Bonchev–Trinajstić information content (AvgIpc) is 3.01. The second-order valence-corrected chi connectivity index (χ2v) is 9.15. The highest BCUT2D eigenvalue weighted by Crippen LogP contribution is 2.34. The molecule has 0 aromatic carbocycles. The van der Waals surface area contributed by atoms with Gasteiger partial charge in [-0.3, -0.25) is 4.21 Å². The zero-order valence-corrected chi connectivity index (χ0v) is 16.1. The van der Waals surface area contributed by atoms with Crippen molar-refractivity contribution in [3.8, 4) is 0 Å². The van der Waals surface area contributed by atoms with Gasteiger partial charge in [-0.1, -0.05) is 20.3 Å². The maximum atomic E-state index is 12.9. The number of hydrogen-bond acceptors (Lipinski definition) is 5. The molecule has 0 spiro atoms. The summed E-state index contributed by atoms with van der Waals surface area (Å²) in [5, 5.41) is 11.8. The number of fused-ring (bicyclic) bond motifs is 1. The number of methoxy groups -OCH3 is 2. The summed E-state index contributed by atoms with van der Waals surface area (Å²) >= 11 is 0. The lowest BCUT2D eigenvalue weighted by Gasteiger charge is -2.41. The van der Waals surface area contributed by atoms with Crippen LogP contribution in [0.2, 0.25) is 0 Å². The number of nitrogens with one attached hydrogen (secondary N) is 2. The second kappa shape index (κ2) is 8.10. The Hall–Kier alpha value is -0.0500. The van der Waals surface area contributed by atoms with E-state index in [0.717, 1.165) is 25.8 Å². The summed E-state index contributed by atoms with van der Waals surface area (Å²) in [6, 6.07) is 0.841. The lowest BCUT2D eigenvalue weighted by atomic mass is 9.84. The largest absolute Gasteiger partial charge is 0.632 e. The van der Waals surface area contributed by atoms with Crippen molar-refractivity contribution in [3.63, 3.8) is 0 Å². The van der Waals surface area contributed by atoms with Gasteiger partial charge in [-0.15, -0.1) is 6.04 Å². The van der Waals surface area contributed by atoms with E-state index < -0.39 is 10.8 Å². The molecule has 2 saturated heterocycles. The molecule has 0 aromatic rings. The summed E-state index contributed by atoms with van der Waals surface area (Å²) < 4.78 is 24.0. The molecule has 0 bridgehead atoms. The van der Waals surface area contributed by atoms with Crippen molar-refractivity contribution in [1.29, 1.82) is 0 Å². The zero-order valence-electron chi connectivity index (χ0n) is 15.2. The molecular formula is C17H32N3O3S-. The minimum absolute atomic E-state index is 0.221. The van der Waals surface area contributed by atoms with Crippen molar-refractivity contribution in [1.82, 2.24) is 10.6 Å². The van der Waals surface area contributed by atoms with Crippen molar-refractivity contribution < 1.29 is 13.7 Å². The monoisotopic (exact) mass is 358 g/mol. The third-order valence-corrected chi connectivity index (χ3v) is 7.51. The lowest BCUT2D eigenvalue weighted by Crippen LogP contribution is -2.55. The molecule has 2 N–H and O–H groups in total. The molecule has 3 rings (SSSR count). The van der Waals surface area contributed by atoms with Crippen LogP contribution in [-0.4, -0.2) is 66.6 Å². The maximum absolute atomic E-state index is 12.9. The molecule has 24 heavy (non-hydrogen) atoms. The number of piperidine rings is 1. The molecular weight excluding hydrogens is 326 g/mol. The Kier molecular flexibility index (Phi) is 6.32. The van der Waals surface area contributed by atoms with Crippen LogP contribution in [0.15, 0.2) is 0 Å². The molecule has 140 valence electrons. The van der Waals surface area contributed by atoms with Crippen LogP contribution in [0.1, 0.15) is 33.1 Å². The van der Waals surface area contributed by atoms with Crippen LogP contribution in [-0.2, 0) is 20.3 Å². The van der Waals surface area contributed by atoms with E-state index in [1.165, 1.54) is 0 Å². The van der Waals surface area contributed by atoms with E-state index >= 15 is 0 Å². The fourth-order valence-corrected chi connectivity index (χ4v) is 6.12. The van der Waals surface area contributed by atoms with Crippen molar-refractivity contribution in [2.24, 2.45) is 11.8 Å². The van der Waals surface area contributed by atoms with Gasteiger partial charge in [-0.05, 0) is 36.2 Å². The van der Waals surface area contributed by atoms with E-state index in [2.05, 4.69) is 24.5 Å². The van der Waals surface area contributed by atoms with E-state index in [1.54, 1.807) is 14.2 Å². The van der Waals surface area contributed by atoms with Crippen molar-refractivity contribution in [2.75, 3.05) is 26.5 Å². The van der Waals surface area contributed by atoms with Crippen LogP contribution in [0.5, 0.6) is 0 Å². The highest BCUT2D eigenvalue weighted by Gasteiger charge is 2.37. The van der Waals surface area contributed by atoms with Gasteiger partial charge in [0, 0.05) is 43.4 Å². The molecule has 3 aliphatic rings. The van der Waals surface area contributed by atoms with Crippen LogP contribution >= 0.6 is 0 Å². The Labute approximate surface area is 148 Å². The van der Waals surface area contributed by atoms with Crippen molar-refractivity contribution >= 4 is 10.8 Å². The van der Waals surface area contributed by atoms with Gasteiger partial charge in [0.15, 0.2) is 0 Å². The van der Waals surface area contributed by atoms with Gasteiger partial charge in [0.1, 0.15) is 0 Å². The predicted molar refractivity (Wildman–Crippen MR) is 96.4 cm³/mol. The Bertz CT molecular complexity index is 453. The standard InChI is InChI=1S/C17H32N3O3S/c1-10-8-18-15(11(2)16(10)23-4)9-24(21)17-19-13-6-5-12(22-3)7-14(13)20-17/h10-18,20H,5-9H2,1-4H3/q-1. The third-order valence-electron chi connectivity index (χ3n) is 6.06. The zero-order chi connectivity index (χ0) is 17.3. The van der Waals surface area contributed by atoms with Crippen LogP contribution < -0.4 is 10.6 Å². The van der Waals surface area contributed by atoms with E-state index in [9.17, 15) is 4.21 Å². The molecule has 9 unspecified atom stereocenters. The molecule has 9 atom stereocenters. The molecule has 6 nitrogen and oxygen atoms in total. The summed E-state index contributed by atoms with van der Waals surface area (Å²) in [4.78, 5) is 0. The molecule has 0 radical (unpaired) electrons. The van der Waals surface area contributed by atoms with Crippen LogP contribution in [0, 0.1) is 11.8 Å². The fourth-order valence-electron chi connectivity index (χ4n) is 4.54. The van der Waals surface area contributed by atoms with Gasteiger partial charge in [0.25, 0.3) is 0 Å². The first-order valence-electron chi connectivity index (χ1n) is 9.15. The van der Waals surface area contributed by atoms with Crippen LogP contribution in [0.4, 0.5) is 0 Å². The number of rotatable bonds is 5. The topological polar surface area (TPSA) is 73.7 Å². The predicted octanol–water partition coefficient (Wildman–Crippen LogP) is 1.19. The van der Waals surface area contributed by atoms with Gasteiger partial charge in [0.05, 0.1) is 12.2 Å². The molecule has 0 aromatic heterocycles. The lowest BCUT2D eigenvalue weighted by molar-refractivity contribution is -0.0136. The van der Waals surface area contributed by atoms with Gasteiger partial charge in [0.2, 0.25) is 0 Å².